The number of amides is 2. The van der Waals surface area contributed by atoms with Crippen molar-refractivity contribution >= 4 is 11.8 Å². The minimum absolute atomic E-state index is 0.0380. The fourth-order valence-corrected chi connectivity index (χ4v) is 3.86. The third-order valence-corrected chi connectivity index (χ3v) is 5.73. The van der Waals surface area contributed by atoms with E-state index >= 15 is 0 Å². The van der Waals surface area contributed by atoms with Crippen LogP contribution in [0.15, 0.2) is 61.3 Å². The number of aromatic nitrogens is 4. The lowest BCUT2D eigenvalue weighted by Crippen LogP contribution is -2.43. The number of nitrogens with zero attached hydrogens (tertiary/aromatic N) is 6. The molecule has 3 heterocycles. The number of rotatable bonds is 8. The van der Waals surface area contributed by atoms with E-state index in [0.717, 1.165) is 17.0 Å². The SMILES string of the molecule is COc1cccc(CO[C@@H]2CN(Cc3ccccn3)C(=O)CN(C(=O)[C@@H](C)n3cncn3)C2)c1. The zero-order valence-electron chi connectivity index (χ0n) is 19.3. The van der Waals surface area contributed by atoms with Gasteiger partial charge >= 0.3 is 0 Å². The highest BCUT2D eigenvalue weighted by atomic mass is 16.5. The Kier molecular flexibility index (Phi) is 7.48. The molecule has 0 aliphatic carbocycles. The number of benzene rings is 1. The first kappa shape index (κ1) is 23.4. The summed E-state index contributed by atoms with van der Waals surface area (Å²) in [5, 5.41) is 4.07. The van der Waals surface area contributed by atoms with Gasteiger partial charge in [0.1, 0.15) is 24.4 Å². The van der Waals surface area contributed by atoms with E-state index in [1.165, 1.54) is 17.3 Å². The van der Waals surface area contributed by atoms with Crippen LogP contribution >= 0.6 is 0 Å². The second-order valence-corrected chi connectivity index (χ2v) is 8.15. The predicted molar refractivity (Wildman–Crippen MR) is 123 cm³/mol. The molecule has 2 aromatic heterocycles. The van der Waals surface area contributed by atoms with Crippen molar-refractivity contribution in [2.24, 2.45) is 0 Å². The minimum Gasteiger partial charge on any atom is -0.497 e. The average molecular weight is 465 g/mol. The lowest BCUT2D eigenvalue weighted by atomic mass is 10.2. The Morgan fingerprint density at radius 1 is 1.21 bits per heavy atom. The number of methoxy groups -OCH3 is 1. The maximum Gasteiger partial charge on any atom is 0.247 e. The largest absolute Gasteiger partial charge is 0.497 e. The van der Waals surface area contributed by atoms with Crippen molar-refractivity contribution in [1.29, 1.82) is 0 Å². The Morgan fingerprint density at radius 3 is 2.82 bits per heavy atom. The predicted octanol–water partition coefficient (Wildman–Crippen LogP) is 1.70. The molecule has 10 heteroatoms. The lowest BCUT2D eigenvalue weighted by molar-refractivity contribution is -0.141. The number of pyridine rings is 1. The molecule has 0 unspecified atom stereocenters. The fraction of sp³-hybridized carbons (Fsp3) is 0.375. The molecule has 0 spiro atoms. The van der Waals surface area contributed by atoms with E-state index in [4.69, 9.17) is 9.47 Å². The van der Waals surface area contributed by atoms with Crippen molar-refractivity contribution in [2.45, 2.75) is 32.2 Å². The van der Waals surface area contributed by atoms with Gasteiger partial charge in [0.2, 0.25) is 11.8 Å². The molecule has 178 valence electrons. The van der Waals surface area contributed by atoms with Gasteiger partial charge in [-0.2, -0.15) is 5.10 Å². The van der Waals surface area contributed by atoms with Crippen LogP contribution in [0.4, 0.5) is 0 Å². The number of carbonyl (C=O) groups excluding carboxylic acids is 2. The first-order valence-corrected chi connectivity index (χ1v) is 11.1. The molecule has 0 N–H and O–H groups in total. The van der Waals surface area contributed by atoms with Gasteiger partial charge in [-0.1, -0.05) is 18.2 Å². The highest BCUT2D eigenvalue weighted by Gasteiger charge is 2.33. The zero-order valence-corrected chi connectivity index (χ0v) is 19.3. The van der Waals surface area contributed by atoms with E-state index in [-0.39, 0.29) is 31.0 Å². The third-order valence-electron chi connectivity index (χ3n) is 5.73. The number of ether oxygens (including phenoxy) is 2. The monoisotopic (exact) mass is 464 g/mol. The molecule has 0 saturated carbocycles. The van der Waals surface area contributed by atoms with Crippen molar-refractivity contribution in [3.05, 3.63) is 72.6 Å². The van der Waals surface area contributed by atoms with Gasteiger partial charge in [-0.3, -0.25) is 14.6 Å². The van der Waals surface area contributed by atoms with Gasteiger partial charge in [0, 0.05) is 19.3 Å². The fourth-order valence-electron chi connectivity index (χ4n) is 3.86. The van der Waals surface area contributed by atoms with Crippen molar-refractivity contribution in [1.82, 2.24) is 29.5 Å². The zero-order chi connectivity index (χ0) is 23.9. The summed E-state index contributed by atoms with van der Waals surface area (Å²) in [6.45, 7) is 3.01. The minimum atomic E-state index is -0.586. The van der Waals surface area contributed by atoms with Gasteiger partial charge < -0.3 is 19.3 Å². The van der Waals surface area contributed by atoms with Gasteiger partial charge in [0.25, 0.3) is 0 Å². The molecule has 1 saturated heterocycles. The molecule has 0 bridgehead atoms. The van der Waals surface area contributed by atoms with Gasteiger partial charge in [-0.15, -0.1) is 0 Å². The van der Waals surface area contributed by atoms with E-state index in [9.17, 15) is 9.59 Å². The van der Waals surface area contributed by atoms with Crippen molar-refractivity contribution in [3.63, 3.8) is 0 Å². The maximum absolute atomic E-state index is 13.2. The Bertz CT molecular complexity index is 1090. The lowest BCUT2D eigenvalue weighted by Gasteiger charge is -2.26. The van der Waals surface area contributed by atoms with Crippen LogP contribution in [0.3, 0.4) is 0 Å². The van der Waals surface area contributed by atoms with Crippen LogP contribution in [-0.4, -0.2) is 74.2 Å². The van der Waals surface area contributed by atoms with Crippen LogP contribution in [0.5, 0.6) is 5.75 Å². The summed E-state index contributed by atoms with van der Waals surface area (Å²) >= 11 is 0. The van der Waals surface area contributed by atoms with Crippen LogP contribution in [0.25, 0.3) is 0 Å². The summed E-state index contributed by atoms with van der Waals surface area (Å²) in [4.78, 5) is 37.9. The molecule has 1 aromatic carbocycles. The summed E-state index contributed by atoms with van der Waals surface area (Å²) in [6.07, 6.45) is 4.19. The Labute approximate surface area is 198 Å². The molecule has 0 radical (unpaired) electrons. The highest BCUT2D eigenvalue weighted by Crippen LogP contribution is 2.18. The summed E-state index contributed by atoms with van der Waals surface area (Å²) in [5.74, 6) is 0.373. The Morgan fingerprint density at radius 2 is 2.09 bits per heavy atom. The molecule has 1 fully saturated rings. The third kappa shape index (κ3) is 5.76. The highest BCUT2D eigenvalue weighted by molar-refractivity contribution is 5.87. The van der Waals surface area contributed by atoms with E-state index in [1.807, 2.05) is 42.5 Å². The van der Waals surface area contributed by atoms with Gasteiger partial charge in [0.15, 0.2) is 0 Å². The smallest absolute Gasteiger partial charge is 0.247 e. The molecule has 3 aromatic rings. The van der Waals surface area contributed by atoms with Crippen LogP contribution in [0.1, 0.15) is 24.2 Å². The summed E-state index contributed by atoms with van der Waals surface area (Å²) < 4.78 is 13.0. The standard InChI is InChI=1S/C24H28N6O4/c1-18(30-17-25-16-27-30)24(32)29-13-22(34-15-19-6-5-8-21(10-19)33-2)12-28(23(31)14-29)11-20-7-3-4-9-26-20/h3-10,16-18,22H,11-15H2,1-2H3/t18-,22-/m1/s1. The maximum atomic E-state index is 13.2. The summed E-state index contributed by atoms with van der Waals surface area (Å²) in [5.41, 5.74) is 1.72. The van der Waals surface area contributed by atoms with Crippen molar-refractivity contribution in [3.8, 4) is 5.75 Å². The van der Waals surface area contributed by atoms with Crippen LogP contribution in [0, 0.1) is 0 Å². The number of hydrogen-bond acceptors (Lipinski definition) is 7. The first-order valence-electron chi connectivity index (χ1n) is 11.1. The van der Waals surface area contributed by atoms with Gasteiger partial charge in [-0.05, 0) is 36.8 Å². The molecule has 2 atom stereocenters. The van der Waals surface area contributed by atoms with Crippen molar-refractivity contribution in [2.75, 3.05) is 26.7 Å². The molecular formula is C24H28N6O4. The number of hydrogen-bond donors (Lipinski definition) is 0. The van der Waals surface area contributed by atoms with E-state index in [2.05, 4.69) is 15.1 Å². The first-order chi connectivity index (χ1) is 16.5. The van der Waals surface area contributed by atoms with Crippen molar-refractivity contribution < 1.29 is 19.1 Å². The Hall–Kier alpha value is -3.79. The summed E-state index contributed by atoms with van der Waals surface area (Å²) in [6, 6.07) is 12.6. The molecule has 10 nitrogen and oxygen atoms in total. The van der Waals surface area contributed by atoms with Gasteiger partial charge in [0.05, 0.1) is 38.6 Å². The topological polar surface area (TPSA) is 103 Å². The molecule has 2 amide bonds. The average Bonchev–Trinajstić information content (AvgIpc) is 3.36. The van der Waals surface area contributed by atoms with E-state index in [0.29, 0.717) is 19.7 Å². The normalized spacial score (nSPS) is 17.4. The molecule has 34 heavy (non-hydrogen) atoms. The summed E-state index contributed by atoms with van der Waals surface area (Å²) in [7, 11) is 1.62. The van der Waals surface area contributed by atoms with Gasteiger partial charge in [-0.25, -0.2) is 9.67 Å². The molecular weight excluding hydrogens is 436 g/mol. The second kappa shape index (κ2) is 10.9. The molecule has 4 rings (SSSR count). The number of carbonyl (C=O) groups is 2. The quantitative estimate of drug-likeness (QED) is 0.500. The van der Waals surface area contributed by atoms with Crippen LogP contribution in [-0.2, 0) is 27.5 Å². The van der Waals surface area contributed by atoms with E-state index < -0.39 is 6.04 Å². The molecule has 1 aliphatic rings. The molecule has 1 aliphatic heterocycles. The Balaban J connectivity index is 1.52. The van der Waals surface area contributed by atoms with E-state index in [1.54, 1.807) is 30.0 Å². The van der Waals surface area contributed by atoms with Crippen LogP contribution in [0.2, 0.25) is 0 Å². The second-order valence-electron chi connectivity index (χ2n) is 8.15. The van der Waals surface area contributed by atoms with Crippen LogP contribution < -0.4 is 4.74 Å².